The maximum Gasteiger partial charge on any atom is 0.292 e. The summed E-state index contributed by atoms with van der Waals surface area (Å²) in [7, 11) is 0. The Morgan fingerprint density at radius 2 is 1.67 bits per heavy atom. The average molecular weight is 401 g/mol. The van der Waals surface area contributed by atoms with E-state index in [0.29, 0.717) is 11.3 Å². The van der Waals surface area contributed by atoms with Crippen LogP contribution in [0.5, 0.6) is 0 Å². The minimum Gasteiger partial charge on any atom is -0.356 e. The molecule has 0 bridgehead atoms. The van der Waals surface area contributed by atoms with Gasteiger partial charge in [0.25, 0.3) is 11.6 Å². The molecule has 3 aromatic carbocycles. The van der Waals surface area contributed by atoms with Crippen LogP contribution >= 0.6 is 0 Å². The van der Waals surface area contributed by atoms with Crippen LogP contribution in [0.15, 0.2) is 78.9 Å². The van der Waals surface area contributed by atoms with Crippen LogP contribution in [0.1, 0.15) is 41.0 Å². The molecule has 0 saturated heterocycles. The first-order chi connectivity index (χ1) is 14.6. The predicted molar refractivity (Wildman–Crippen MR) is 116 cm³/mol. The third kappa shape index (κ3) is 3.76. The van der Waals surface area contributed by atoms with Gasteiger partial charge in [-0.05, 0) is 37.5 Å². The molecule has 0 saturated carbocycles. The van der Waals surface area contributed by atoms with E-state index in [1.54, 1.807) is 18.2 Å². The van der Waals surface area contributed by atoms with Crippen LogP contribution in [0.2, 0.25) is 0 Å². The quantitative estimate of drug-likeness (QED) is 0.437. The van der Waals surface area contributed by atoms with Crippen molar-refractivity contribution in [2.24, 2.45) is 0 Å². The Hall–Kier alpha value is -3.67. The van der Waals surface area contributed by atoms with Gasteiger partial charge in [0.1, 0.15) is 11.9 Å². The molecule has 3 aromatic rings. The Morgan fingerprint density at radius 3 is 2.43 bits per heavy atom. The fourth-order valence-electron chi connectivity index (χ4n) is 4.00. The minimum atomic E-state index is -0.458. The molecule has 4 rings (SSSR count). The SMILES string of the molecule is C[C@H](CCc1ccccc1)N1C(=O)c2ccccc2[C@H]1Nc1ccccc1[N+](=O)[O-]. The highest BCUT2D eigenvalue weighted by atomic mass is 16.6. The van der Waals surface area contributed by atoms with Crippen molar-refractivity contribution in [1.29, 1.82) is 0 Å². The van der Waals surface area contributed by atoms with E-state index in [4.69, 9.17) is 0 Å². The Morgan fingerprint density at radius 1 is 1.00 bits per heavy atom. The van der Waals surface area contributed by atoms with Gasteiger partial charge in [-0.1, -0.05) is 60.7 Å². The number of anilines is 1. The Balaban J connectivity index is 1.63. The van der Waals surface area contributed by atoms with Crippen molar-refractivity contribution in [3.8, 4) is 0 Å². The van der Waals surface area contributed by atoms with Crippen LogP contribution in [0.3, 0.4) is 0 Å². The summed E-state index contributed by atoms with van der Waals surface area (Å²) >= 11 is 0. The van der Waals surface area contributed by atoms with E-state index in [1.165, 1.54) is 11.6 Å². The second-order valence-electron chi connectivity index (χ2n) is 7.49. The summed E-state index contributed by atoms with van der Waals surface area (Å²) in [4.78, 5) is 26.1. The van der Waals surface area contributed by atoms with Gasteiger partial charge in [0.15, 0.2) is 0 Å². The number of hydrogen-bond donors (Lipinski definition) is 1. The van der Waals surface area contributed by atoms with E-state index in [0.717, 1.165) is 18.4 Å². The number of nitro benzene ring substituents is 1. The van der Waals surface area contributed by atoms with Crippen molar-refractivity contribution in [3.63, 3.8) is 0 Å². The summed E-state index contributed by atoms with van der Waals surface area (Å²) in [6, 6.07) is 24.1. The number of fused-ring (bicyclic) bond motifs is 1. The monoisotopic (exact) mass is 401 g/mol. The molecule has 0 radical (unpaired) electrons. The number of carbonyl (C=O) groups excluding carboxylic acids is 1. The van der Waals surface area contributed by atoms with Crippen LogP contribution in [0.25, 0.3) is 0 Å². The number of nitrogens with zero attached hydrogens (tertiary/aromatic N) is 2. The summed E-state index contributed by atoms with van der Waals surface area (Å²) in [5.41, 5.74) is 3.09. The fraction of sp³-hybridized carbons (Fsp3) is 0.208. The molecule has 6 nitrogen and oxygen atoms in total. The molecular weight excluding hydrogens is 378 g/mol. The number of hydrogen-bond acceptors (Lipinski definition) is 4. The maximum atomic E-state index is 13.2. The van der Waals surface area contributed by atoms with Gasteiger partial charge in [-0.15, -0.1) is 0 Å². The van der Waals surface area contributed by atoms with Gasteiger partial charge in [-0.3, -0.25) is 14.9 Å². The molecule has 0 spiro atoms. The molecule has 152 valence electrons. The van der Waals surface area contributed by atoms with Gasteiger partial charge in [0.2, 0.25) is 0 Å². The first-order valence-electron chi connectivity index (χ1n) is 10.0. The molecular formula is C24H23N3O3. The lowest BCUT2D eigenvalue weighted by atomic mass is 10.0. The zero-order valence-corrected chi connectivity index (χ0v) is 16.7. The van der Waals surface area contributed by atoms with Gasteiger partial charge < -0.3 is 10.2 Å². The molecule has 1 amide bonds. The van der Waals surface area contributed by atoms with Crippen LogP contribution in [0, 0.1) is 10.1 Å². The van der Waals surface area contributed by atoms with E-state index >= 15 is 0 Å². The molecule has 6 heteroatoms. The second-order valence-corrected chi connectivity index (χ2v) is 7.49. The number of rotatable bonds is 7. The average Bonchev–Trinajstić information content (AvgIpc) is 3.05. The molecule has 1 heterocycles. The molecule has 0 unspecified atom stereocenters. The van der Waals surface area contributed by atoms with Crippen molar-refractivity contribution in [1.82, 2.24) is 4.90 Å². The summed E-state index contributed by atoms with van der Waals surface area (Å²) in [6.45, 7) is 2.03. The zero-order valence-electron chi connectivity index (χ0n) is 16.7. The third-order valence-corrected chi connectivity index (χ3v) is 5.56. The lowest BCUT2D eigenvalue weighted by Crippen LogP contribution is -2.39. The topological polar surface area (TPSA) is 75.5 Å². The standard InChI is InChI=1S/C24H23N3O3/c1-17(15-16-18-9-3-2-4-10-18)26-23(19-11-5-6-12-20(19)24(26)28)25-21-13-7-8-14-22(21)27(29)30/h2-14,17,23,25H,15-16H2,1H3/t17-,23+/m1/s1. The maximum absolute atomic E-state index is 13.2. The van der Waals surface area contributed by atoms with Gasteiger partial charge in [-0.2, -0.15) is 0 Å². The van der Waals surface area contributed by atoms with Crippen molar-refractivity contribution in [3.05, 3.63) is 106 Å². The summed E-state index contributed by atoms with van der Waals surface area (Å²) in [6.07, 6.45) is 1.18. The molecule has 0 fully saturated rings. The Kier molecular flexibility index (Phi) is 5.48. The lowest BCUT2D eigenvalue weighted by Gasteiger charge is -2.32. The van der Waals surface area contributed by atoms with E-state index < -0.39 is 11.1 Å². The summed E-state index contributed by atoms with van der Waals surface area (Å²) in [5.74, 6) is -0.0535. The fourth-order valence-corrected chi connectivity index (χ4v) is 4.00. The van der Waals surface area contributed by atoms with Gasteiger partial charge in [0.05, 0.1) is 4.92 Å². The number of aryl methyl sites for hydroxylation is 1. The van der Waals surface area contributed by atoms with Gasteiger partial charge >= 0.3 is 0 Å². The number of amides is 1. The van der Waals surface area contributed by atoms with Gasteiger partial charge in [0, 0.05) is 23.2 Å². The second kappa shape index (κ2) is 8.37. The highest BCUT2D eigenvalue weighted by Gasteiger charge is 2.39. The summed E-state index contributed by atoms with van der Waals surface area (Å²) < 4.78 is 0. The molecule has 2 atom stereocenters. The first kappa shape index (κ1) is 19.6. The van der Waals surface area contributed by atoms with Crippen molar-refractivity contribution >= 4 is 17.3 Å². The van der Waals surface area contributed by atoms with E-state index in [-0.39, 0.29) is 17.6 Å². The highest BCUT2D eigenvalue weighted by molar-refractivity contribution is 5.99. The predicted octanol–water partition coefficient (Wildman–Crippen LogP) is 5.18. The molecule has 1 aliphatic heterocycles. The normalized spacial score (nSPS) is 16.2. The van der Waals surface area contributed by atoms with Gasteiger partial charge in [-0.25, -0.2) is 0 Å². The minimum absolute atomic E-state index is 0.00813. The number of nitro groups is 1. The number of carbonyl (C=O) groups is 1. The van der Waals surface area contributed by atoms with Crippen LogP contribution in [0.4, 0.5) is 11.4 Å². The molecule has 30 heavy (non-hydrogen) atoms. The van der Waals surface area contributed by atoms with Crippen LogP contribution in [-0.4, -0.2) is 21.8 Å². The van der Waals surface area contributed by atoms with Crippen LogP contribution in [-0.2, 0) is 6.42 Å². The van der Waals surface area contributed by atoms with E-state index in [1.807, 2.05) is 54.3 Å². The van der Waals surface area contributed by atoms with Crippen molar-refractivity contribution in [2.45, 2.75) is 32.0 Å². The van der Waals surface area contributed by atoms with E-state index in [9.17, 15) is 14.9 Å². The molecule has 0 aliphatic carbocycles. The number of benzene rings is 3. The van der Waals surface area contributed by atoms with Crippen molar-refractivity contribution < 1.29 is 9.72 Å². The van der Waals surface area contributed by atoms with Crippen LogP contribution < -0.4 is 5.32 Å². The molecule has 0 aromatic heterocycles. The molecule has 1 N–H and O–H groups in total. The largest absolute Gasteiger partial charge is 0.356 e. The number of para-hydroxylation sites is 2. The Bertz CT molecular complexity index is 1070. The smallest absolute Gasteiger partial charge is 0.292 e. The number of nitrogens with one attached hydrogen (secondary N) is 1. The third-order valence-electron chi connectivity index (χ3n) is 5.56. The summed E-state index contributed by atoms with van der Waals surface area (Å²) in [5, 5.41) is 14.7. The highest BCUT2D eigenvalue weighted by Crippen LogP contribution is 2.38. The van der Waals surface area contributed by atoms with Crippen molar-refractivity contribution in [2.75, 3.05) is 5.32 Å². The molecule has 1 aliphatic rings. The Labute approximate surface area is 175 Å². The lowest BCUT2D eigenvalue weighted by molar-refractivity contribution is -0.384. The van der Waals surface area contributed by atoms with E-state index in [2.05, 4.69) is 17.4 Å². The first-order valence-corrected chi connectivity index (χ1v) is 10.0. The zero-order chi connectivity index (χ0) is 21.1.